The van der Waals surface area contributed by atoms with Gasteiger partial charge in [0, 0.05) is 62.9 Å². The summed E-state index contributed by atoms with van der Waals surface area (Å²) in [5, 5.41) is 6.59. The Morgan fingerprint density at radius 3 is 2.47 bits per heavy atom. The third kappa shape index (κ3) is 6.27. The summed E-state index contributed by atoms with van der Waals surface area (Å²) in [5.74, 6) is -0.221. The highest BCUT2D eigenvalue weighted by Crippen LogP contribution is 2.29. The molecule has 8 nitrogen and oxygen atoms in total. The molecule has 2 saturated heterocycles. The number of piperazine rings is 1. The van der Waals surface area contributed by atoms with Gasteiger partial charge in [0.1, 0.15) is 0 Å². The van der Waals surface area contributed by atoms with Gasteiger partial charge >= 0.3 is 0 Å². The highest BCUT2D eigenvalue weighted by molar-refractivity contribution is 6.09. The molecule has 2 fully saturated rings. The molecule has 0 aliphatic carbocycles. The predicted octanol–water partition coefficient (Wildman–Crippen LogP) is 4.16. The number of ether oxygens (including phenoxy) is 1. The van der Waals surface area contributed by atoms with E-state index in [4.69, 9.17) is 10.5 Å². The number of amides is 1. The van der Waals surface area contributed by atoms with Gasteiger partial charge in [0.25, 0.3) is 5.91 Å². The lowest BCUT2D eigenvalue weighted by molar-refractivity contribution is 0.102. The molecule has 0 saturated carbocycles. The van der Waals surface area contributed by atoms with Gasteiger partial charge in [-0.2, -0.15) is 0 Å². The Labute approximate surface area is 225 Å². The Bertz CT molecular complexity index is 1270. The van der Waals surface area contributed by atoms with Crippen molar-refractivity contribution in [3.8, 4) is 0 Å². The molecule has 0 bridgehead atoms. The Morgan fingerprint density at radius 2 is 1.68 bits per heavy atom. The monoisotopic (exact) mass is 514 g/mol. The second-order valence-electron chi connectivity index (χ2n) is 10.2. The molecule has 0 unspecified atom stereocenters. The first-order valence-electron chi connectivity index (χ1n) is 13.4. The number of nitrogens with two attached hydrogens (primary N) is 1. The Balaban J connectivity index is 1.27. The van der Waals surface area contributed by atoms with Crippen LogP contribution >= 0.6 is 0 Å². The van der Waals surface area contributed by atoms with Gasteiger partial charge < -0.3 is 30.9 Å². The summed E-state index contributed by atoms with van der Waals surface area (Å²) in [6.07, 6.45) is 0. The van der Waals surface area contributed by atoms with E-state index in [2.05, 4.69) is 63.6 Å². The SMILES string of the molecule is Cc1ccc(NC(=O)c2cccc(N3CCOCC3)c2N)cc1Nc1cccc(CN2CCN(C)CC2)c1. The first-order chi connectivity index (χ1) is 18.5. The maximum atomic E-state index is 13.2. The Hall–Kier alpha value is -3.59. The minimum absolute atomic E-state index is 0.221. The summed E-state index contributed by atoms with van der Waals surface area (Å²) < 4.78 is 5.45. The van der Waals surface area contributed by atoms with Crippen molar-refractivity contribution in [1.82, 2.24) is 9.80 Å². The number of nitrogens with zero attached hydrogens (tertiary/aromatic N) is 3. The average Bonchev–Trinajstić information content (AvgIpc) is 2.93. The number of para-hydroxylation sites is 1. The number of rotatable bonds is 7. The fourth-order valence-corrected chi connectivity index (χ4v) is 5.03. The van der Waals surface area contributed by atoms with Crippen molar-refractivity contribution in [3.05, 3.63) is 77.4 Å². The first kappa shape index (κ1) is 26.0. The van der Waals surface area contributed by atoms with Crippen molar-refractivity contribution in [1.29, 1.82) is 0 Å². The topological polar surface area (TPSA) is 86.1 Å². The van der Waals surface area contributed by atoms with Gasteiger partial charge in [-0.25, -0.2) is 0 Å². The van der Waals surface area contributed by atoms with Crippen molar-refractivity contribution in [3.63, 3.8) is 0 Å². The number of benzene rings is 3. The lowest BCUT2D eigenvalue weighted by Gasteiger charge is -2.32. The summed E-state index contributed by atoms with van der Waals surface area (Å²) >= 11 is 0. The Morgan fingerprint density at radius 1 is 0.921 bits per heavy atom. The fraction of sp³-hybridized carbons (Fsp3) is 0.367. The van der Waals surface area contributed by atoms with Crippen LogP contribution in [0.15, 0.2) is 60.7 Å². The molecular weight excluding hydrogens is 476 g/mol. The molecule has 1 amide bonds. The van der Waals surface area contributed by atoms with Crippen LogP contribution in [0.1, 0.15) is 21.5 Å². The van der Waals surface area contributed by atoms with Crippen LogP contribution in [0.4, 0.5) is 28.4 Å². The van der Waals surface area contributed by atoms with Crippen molar-refractivity contribution >= 4 is 34.3 Å². The summed E-state index contributed by atoms with van der Waals surface area (Å²) in [6, 6.07) is 20.1. The zero-order chi connectivity index (χ0) is 26.5. The second-order valence-corrected chi connectivity index (χ2v) is 10.2. The van der Waals surface area contributed by atoms with Crippen LogP contribution in [0.3, 0.4) is 0 Å². The number of likely N-dealkylation sites (N-methyl/N-ethyl adjacent to an activating group) is 1. The van der Waals surface area contributed by atoms with Gasteiger partial charge in [-0.3, -0.25) is 9.69 Å². The molecule has 2 aliphatic rings. The minimum atomic E-state index is -0.221. The van der Waals surface area contributed by atoms with Crippen molar-refractivity contribution in [2.75, 3.05) is 80.8 Å². The molecule has 2 aliphatic heterocycles. The highest BCUT2D eigenvalue weighted by Gasteiger charge is 2.19. The summed E-state index contributed by atoms with van der Waals surface area (Å²) in [6.45, 7) is 10.3. The average molecular weight is 515 g/mol. The Kier molecular flexibility index (Phi) is 8.12. The quantitative estimate of drug-likeness (QED) is 0.408. The third-order valence-electron chi connectivity index (χ3n) is 7.38. The normalized spacial score (nSPS) is 16.8. The largest absolute Gasteiger partial charge is 0.396 e. The van der Waals surface area contributed by atoms with Crippen LogP contribution in [0.5, 0.6) is 0 Å². The van der Waals surface area contributed by atoms with Crippen molar-refractivity contribution in [2.45, 2.75) is 13.5 Å². The standard InChI is InChI=1S/C30H38N6O2/c1-22-9-10-25(33-30(37)26-7-4-8-28(29(26)31)36-15-17-38-18-16-36)20-27(22)32-24-6-3-5-23(19-24)21-35-13-11-34(2)12-14-35/h3-10,19-20,32H,11-18,21,31H2,1-2H3,(H,33,37). The third-order valence-corrected chi connectivity index (χ3v) is 7.38. The summed E-state index contributed by atoms with van der Waals surface area (Å²) in [7, 11) is 2.18. The smallest absolute Gasteiger partial charge is 0.257 e. The number of hydrogen-bond donors (Lipinski definition) is 3. The number of nitrogen functional groups attached to an aromatic ring is 1. The molecule has 2 heterocycles. The maximum absolute atomic E-state index is 13.2. The van der Waals surface area contributed by atoms with Gasteiger partial charge in [0.15, 0.2) is 0 Å². The molecule has 4 N–H and O–H groups in total. The van der Waals surface area contributed by atoms with Crippen LogP contribution in [0.25, 0.3) is 0 Å². The minimum Gasteiger partial charge on any atom is -0.396 e. The van der Waals surface area contributed by atoms with Crippen LogP contribution in [-0.4, -0.2) is 75.2 Å². The molecule has 8 heteroatoms. The number of carbonyl (C=O) groups excluding carboxylic acids is 1. The van der Waals surface area contributed by atoms with Gasteiger partial charge in [-0.1, -0.05) is 24.3 Å². The molecule has 0 spiro atoms. The molecule has 0 atom stereocenters. The van der Waals surface area contributed by atoms with Gasteiger partial charge in [0.05, 0.1) is 30.2 Å². The number of carbonyl (C=O) groups is 1. The molecule has 38 heavy (non-hydrogen) atoms. The van der Waals surface area contributed by atoms with E-state index >= 15 is 0 Å². The maximum Gasteiger partial charge on any atom is 0.257 e. The number of hydrogen-bond acceptors (Lipinski definition) is 7. The zero-order valence-electron chi connectivity index (χ0n) is 22.4. The van der Waals surface area contributed by atoms with E-state index < -0.39 is 0 Å². The van der Waals surface area contributed by atoms with E-state index in [1.54, 1.807) is 6.07 Å². The van der Waals surface area contributed by atoms with E-state index in [1.165, 1.54) is 5.56 Å². The highest BCUT2D eigenvalue weighted by atomic mass is 16.5. The van der Waals surface area contributed by atoms with Crippen LogP contribution < -0.4 is 21.3 Å². The lowest BCUT2D eigenvalue weighted by Crippen LogP contribution is -2.43. The van der Waals surface area contributed by atoms with E-state index in [-0.39, 0.29) is 5.91 Å². The molecule has 5 rings (SSSR count). The predicted molar refractivity (Wildman–Crippen MR) is 156 cm³/mol. The number of anilines is 5. The van der Waals surface area contributed by atoms with E-state index in [1.807, 2.05) is 30.3 Å². The van der Waals surface area contributed by atoms with E-state index in [0.717, 1.165) is 68.4 Å². The fourth-order valence-electron chi connectivity index (χ4n) is 5.03. The van der Waals surface area contributed by atoms with E-state index in [9.17, 15) is 4.79 Å². The van der Waals surface area contributed by atoms with E-state index in [0.29, 0.717) is 30.2 Å². The number of nitrogens with one attached hydrogen (secondary N) is 2. The molecule has 3 aromatic rings. The number of morpholine rings is 1. The molecular formula is C30H38N6O2. The van der Waals surface area contributed by atoms with Gasteiger partial charge in [-0.15, -0.1) is 0 Å². The molecule has 3 aromatic carbocycles. The first-order valence-corrected chi connectivity index (χ1v) is 13.4. The second kappa shape index (κ2) is 11.9. The molecule has 200 valence electrons. The van der Waals surface area contributed by atoms with Crippen molar-refractivity contribution < 1.29 is 9.53 Å². The number of aryl methyl sites for hydroxylation is 1. The lowest BCUT2D eigenvalue weighted by atomic mass is 10.1. The van der Waals surface area contributed by atoms with Crippen LogP contribution in [-0.2, 0) is 11.3 Å². The van der Waals surface area contributed by atoms with Gasteiger partial charge in [-0.05, 0) is 61.5 Å². The summed E-state index contributed by atoms with van der Waals surface area (Å²) in [4.78, 5) is 20.3. The van der Waals surface area contributed by atoms with Crippen LogP contribution in [0, 0.1) is 6.92 Å². The van der Waals surface area contributed by atoms with Crippen LogP contribution in [0.2, 0.25) is 0 Å². The summed E-state index contributed by atoms with van der Waals surface area (Å²) in [5.41, 5.74) is 13.4. The van der Waals surface area contributed by atoms with Gasteiger partial charge in [0.2, 0.25) is 0 Å². The molecule has 0 radical (unpaired) electrons. The van der Waals surface area contributed by atoms with Crippen molar-refractivity contribution in [2.24, 2.45) is 0 Å². The molecule has 0 aromatic heterocycles. The zero-order valence-corrected chi connectivity index (χ0v) is 22.4.